The molecule has 0 radical (unpaired) electrons. The summed E-state index contributed by atoms with van der Waals surface area (Å²) in [6, 6.07) is 5.81. The Morgan fingerprint density at radius 2 is 1.94 bits per heavy atom. The predicted molar refractivity (Wildman–Crippen MR) is 75.0 cm³/mol. The van der Waals surface area contributed by atoms with E-state index in [4.69, 9.17) is 0 Å². The van der Waals surface area contributed by atoms with Crippen molar-refractivity contribution in [2.75, 3.05) is 6.54 Å². The molecule has 98 valence electrons. The first kappa shape index (κ1) is 12.6. The van der Waals surface area contributed by atoms with Gasteiger partial charge in [-0.3, -0.25) is 0 Å². The van der Waals surface area contributed by atoms with Gasteiger partial charge in [-0.15, -0.1) is 0 Å². The van der Waals surface area contributed by atoms with E-state index in [0.29, 0.717) is 0 Å². The molecule has 1 aromatic rings. The summed E-state index contributed by atoms with van der Waals surface area (Å²) in [6.45, 7) is 1.16. The highest BCUT2D eigenvalue weighted by atomic mass is 79.9. The first-order valence-corrected chi connectivity index (χ1v) is 7.69. The Kier molecular flexibility index (Phi) is 3.71. The molecule has 2 unspecified atom stereocenters. The maximum atomic E-state index is 13.2. The van der Waals surface area contributed by atoms with Gasteiger partial charge in [0.15, 0.2) is 0 Å². The van der Waals surface area contributed by atoms with Crippen LogP contribution >= 0.6 is 15.9 Å². The Hall–Kier alpha value is -0.410. The molecule has 1 aromatic carbocycles. The molecule has 2 fully saturated rings. The van der Waals surface area contributed by atoms with Gasteiger partial charge in [0.05, 0.1) is 0 Å². The lowest BCUT2D eigenvalue weighted by molar-refractivity contribution is 0.170. The fourth-order valence-electron chi connectivity index (χ4n) is 2.76. The first-order valence-electron chi connectivity index (χ1n) is 6.89. The summed E-state index contributed by atoms with van der Waals surface area (Å²) in [5, 5.41) is 3.61. The van der Waals surface area contributed by atoms with Crippen LogP contribution in [0.1, 0.15) is 31.2 Å². The second-order valence-corrected chi connectivity index (χ2v) is 6.57. The minimum Gasteiger partial charge on any atom is -0.314 e. The zero-order valence-electron chi connectivity index (χ0n) is 10.5. The Morgan fingerprint density at radius 1 is 1.17 bits per heavy atom. The van der Waals surface area contributed by atoms with Crippen molar-refractivity contribution in [2.45, 2.75) is 38.1 Å². The Bertz CT molecular complexity index is 431. The van der Waals surface area contributed by atoms with Crippen LogP contribution in [0.15, 0.2) is 22.7 Å². The second-order valence-electron chi connectivity index (χ2n) is 5.72. The van der Waals surface area contributed by atoms with Gasteiger partial charge in [0.2, 0.25) is 0 Å². The Morgan fingerprint density at radius 3 is 2.61 bits per heavy atom. The van der Waals surface area contributed by atoms with Gasteiger partial charge in [-0.2, -0.15) is 0 Å². The van der Waals surface area contributed by atoms with Crippen molar-refractivity contribution in [3.05, 3.63) is 34.1 Å². The van der Waals surface area contributed by atoms with Gasteiger partial charge < -0.3 is 5.32 Å². The molecule has 2 saturated carbocycles. The lowest BCUT2D eigenvalue weighted by Crippen LogP contribution is -2.37. The number of hydrogen-bond acceptors (Lipinski definition) is 1. The average Bonchev–Trinajstić information content (AvgIpc) is 3.13. The molecule has 2 aliphatic rings. The standard InChI is InChI=1S/C15H19BrFN/c16-15-6-3-13(17)8-12(15)7-10-1-2-11(10)9-18-14-4-5-14/h3,6,8,10-11,14,18H,1-2,4-5,7,9H2. The zero-order valence-corrected chi connectivity index (χ0v) is 12.0. The van der Waals surface area contributed by atoms with Crippen LogP contribution in [-0.4, -0.2) is 12.6 Å². The molecule has 2 atom stereocenters. The van der Waals surface area contributed by atoms with Crippen LogP contribution in [0.25, 0.3) is 0 Å². The van der Waals surface area contributed by atoms with Crippen LogP contribution in [0, 0.1) is 17.7 Å². The van der Waals surface area contributed by atoms with E-state index in [1.165, 1.54) is 31.7 Å². The van der Waals surface area contributed by atoms with Gasteiger partial charge in [0, 0.05) is 10.5 Å². The Labute approximate surface area is 116 Å². The van der Waals surface area contributed by atoms with Crippen LogP contribution in [0.2, 0.25) is 0 Å². The van der Waals surface area contributed by atoms with Crippen LogP contribution in [-0.2, 0) is 6.42 Å². The first-order chi connectivity index (χ1) is 8.72. The quantitative estimate of drug-likeness (QED) is 0.869. The van der Waals surface area contributed by atoms with E-state index in [-0.39, 0.29) is 5.82 Å². The third-order valence-corrected chi connectivity index (χ3v) is 5.08. The predicted octanol–water partition coefficient (Wildman–Crippen LogP) is 3.91. The minimum absolute atomic E-state index is 0.125. The summed E-state index contributed by atoms with van der Waals surface area (Å²) in [7, 11) is 0. The lowest BCUT2D eigenvalue weighted by atomic mass is 9.70. The largest absolute Gasteiger partial charge is 0.314 e. The Balaban J connectivity index is 1.56. The molecule has 0 aromatic heterocycles. The molecular weight excluding hydrogens is 293 g/mol. The summed E-state index contributed by atoms with van der Waals surface area (Å²) in [5.41, 5.74) is 1.12. The summed E-state index contributed by atoms with van der Waals surface area (Å²) >= 11 is 3.52. The van der Waals surface area contributed by atoms with Crippen LogP contribution < -0.4 is 5.32 Å². The van der Waals surface area contributed by atoms with E-state index < -0.39 is 0 Å². The molecule has 0 amide bonds. The molecule has 1 N–H and O–H groups in total. The maximum absolute atomic E-state index is 13.2. The SMILES string of the molecule is Fc1ccc(Br)c(CC2CCC2CNC2CC2)c1. The zero-order chi connectivity index (χ0) is 12.5. The molecule has 2 aliphatic carbocycles. The normalized spacial score (nSPS) is 27.0. The number of hydrogen-bond donors (Lipinski definition) is 1. The molecule has 0 saturated heterocycles. The average molecular weight is 312 g/mol. The fourth-order valence-corrected chi connectivity index (χ4v) is 3.17. The molecule has 0 bridgehead atoms. The van der Waals surface area contributed by atoms with Gasteiger partial charge in [-0.1, -0.05) is 15.9 Å². The molecule has 18 heavy (non-hydrogen) atoms. The van der Waals surface area contributed by atoms with Crippen LogP contribution in [0.3, 0.4) is 0 Å². The number of nitrogens with one attached hydrogen (secondary N) is 1. The molecule has 0 aliphatic heterocycles. The van der Waals surface area contributed by atoms with E-state index >= 15 is 0 Å². The summed E-state index contributed by atoms with van der Waals surface area (Å²) in [4.78, 5) is 0. The molecular formula is C15H19BrFN. The molecule has 1 nitrogen and oxygen atoms in total. The van der Waals surface area contributed by atoms with E-state index in [0.717, 1.165) is 40.9 Å². The highest BCUT2D eigenvalue weighted by Gasteiger charge is 2.32. The highest BCUT2D eigenvalue weighted by Crippen LogP contribution is 2.38. The molecule has 3 heteroatoms. The van der Waals surface area contributed by atoms with Crippen molar-refractivity contribution in [2.24, 2.45) is 11.8 Å². The molecule has 3 rings (SSSR count). The third kappa shape index (κ3) is 2.94. The van der Waals surface area contributed by atoms with E-state index in [1.54, 1.807) is 6.07 Å². The van der Waals surface area contributed by atoms with Crippen LogP contribution in [0.4, 0.5) is 4.39 Å². The second kappa shape index (κ2) is 5.30. The molecule has 0 heterocycles. The number of rotatable bonds is 5. The number of benzene rings is 1. The van der Waals surface area contributed by atoms with E-state index in [1.807, 2.05) is 6.07 Å². The molecule has 0 spiro atoms. The van der Waals surface area contributed by atoms with Gasteiger partial charge in [0.25, 0.3) is 0 Å². The van der Waals surface area contributed by atoms with Crippen LogP contribution in [0.5, 0.6) is 0 Å². The van der Waals surface area contributed by atoms with Crippen molar-refractivity contribution >= 4 is 15.9 Å². The van der Waals surface area contributed by atoms with E-state index in [9.17, 15) is 4.39 Å². The monoisotopic (exact) mass is 311 g/mol. The highest BCUT2D eigenvalue weighted by molar-refractivity contribution is 9.10. The summed E-state index contributed by atoms with van der Waals surface area (Å²) in [5.74, 6) is 1.40. The topological polar surface area (TPSA) is 12.0 Å². The van der Waals surface area contributed by atoms with Gasteiger partial charge in [-0.05, 0) is 74.2 Å². The van der Waals surface area contributed by atoms with Crippen molar-refractivity contribution in [3.63, 3.8) is 0 Å². The maximum Gasteiger partial charge on any atom is 0.123 e. The summed E-state index contributed by atoms with van der Waals surface area (Å²) in [6.07, 6.45) is 6.34. The minimum atomic E-state index is -0.125. The lowest BCUT2D eigenvalue weighted by Gasteiger charge is -2.37. The van der Waals surface area contributed by atoms with E-state index in [2.05, 4.69) is 21.2 Å². The fraction of sp³-hybridized carbons (Fsp3) is 0.600. The third-order valence-electron chi connectivity index (χ3n) is 4.31. The number of halogens is 2. The smallest absolute Gasteiger partial charge is 0.123 e. The van der Waals surface area contributed by atoms with Crippen molar-refractivity contribution < 1.29 is 4.39 Å². The summed E-state index contributed by atoms with van der Waals surface area (Å²) < 4.78 is 14.3. The van der Waals surface area contributed by atoms with Gasteiger partial charge in [0.1, 0.15) is 5.82 Å². The van der Waals surface area contributed by atoms with Crippen molar-refractivity contribution in [1.82, 2.24) is 5.32 Å². The van der Waals surface area contributed by atoms with Gasteiger partial charge in [-0.25, -0.2) is 4.39 Å². The van der Waals surface area contributed by atoms with Gasteiger partial charge >= 0.3 is 0 Å². The van der Waals surface area contributed by atoms with Crippen molar-refractivity contribution in [1.29, 1.82) is 0 Å². The van der Waals surface area contributed by atoms with Crippen molar-refractivity contribution in [3.8, 4) is 0 Å².